The number of carbonyl (C=O) groups is 2. The average molecular weight is 349 g/mol. The number of nitro groups is 1. The SMILES string of the molecule is O=C(N[C@H](Cc1ccc(Cl)cc1)C(=O)O)c1cccc([N+](=O)[O-])c1. The molecule has 0 saturated carbocycles. The van der Waals surface area contributed by atoms with Crippen LogP contribution in [0.2, 0.25) is 5.02 Å². The van der Waals surface area contributed by atoms with Gasteiger partial charge in [0.25, 0.3) is 11.6 Å². The lowest BCUT2D eigenvalue weighted by molar-refractivity contribution is -0.384. The minimum atomic E-state index is -1.20. The molecular formula is C16H13ClN2O5. The van der Waals surface area contributed by atoms with E-state index in [1.165, 1.54) is 18.2 Å². The number of hydrogen-bond acceptors (Lipinski definition) is 4. The Bertz CT molecular complexity index is 776. The smallest absolute Gasteiger partial charge is 0.326 e. The fourth-order valence-electron chi connectivity index (χ4n) is 2.06. The van der Waals surface area contributed by atoms with Gasteiger partial charge in [0.05, 0.1) is 4.92 Å². The molecule has 0 aliphatic heterocycles. The summed E-state index contributed by atoms with van der Waals surface area (Å²) in [7, 11) is 0. The molecule has 0 aliphatic rings. The molecule has 1 atom stereocenters. The Morgan fingerprint density at radius 1 is 1.21 bits per heavy atom. The average Bonchev–Trinajstić information content (AvgIpc) is 2.56. The van der Waals surface area contributed by atoms with Gasteiger partial charge in [-0.15, -0.1) is 0 Å². The monoisotopic (exact) mass is 348 g/mol. The fourth-order valence-corrected chi connectivity index (χ4v) is 2.18. The van der Waals surface area contributed by atoms with Gasteiger partial charge in [0.1, 0.15) is 6.04 Å². The number of carboxylic acid groups (broad SMARTS) is 1. The van der Waals surface area contributed by atoms with Gasteiger partial charge in [-0.3, -0.25) is 14.9 Å². The molecule has 0 heterocycles. The van der Waals surface area contributed by atoms with Gasteiger partial charge in [-0.1, -0.05) is 29.8 Å². The van der Waals surface area contributed by atoms with Gasteiger partial charge in [-0.25, -0.2) is 4.79 Å². The molecular weight excluding hydrogens is 336 g/mol. The van der Waals surface area contributed by atoms with Crippen LogP contribution >= 0.6 is 11.6 Å². The molecule has 2 aromatic carbocycles. The molecule has 124 valence electrons. The molecule has 0 aromatic heterocycles. The van der Waals surface area contributed by atoms with E-state index in [-0.39, 0.29) is 17.7 Å². The summed E-state index contributed by atoms with van der Waals surface area (Å²) >= 11 is 5.77. The zero-order valence-electron chi connectivity index (χ0n) is 12.3. The predicted octanol–water partition coefficient (Wildman–Crippen LogP) is 2.67. The number of carboxylic acids is 1. The van der Waals surface area contributed by atoms with Crippen molar-refractivity contribution in [2.45, 2.75) is 12.5 Å². The zero-order valence-corrected chi connectivity index (χ0v) is 13.1. The summed E-state index contributed by atoms with van der Waals surface area (Å²) in [5.41, 5.74) is 0.463. The van der Waals surface area contributed by atoms with Crippen molar-refractivity contribution in [1.82, 2.24) is 5.32 Å². The summed E-state index contributed by atoms with van der Waals surface area (Å²) in [6.45, 7) is 0. The van der Waals surface area contributed by atoms with Crippen molar-refractivity contribution in [2.24, 2.45) is 0 Å². The van der Waals surface area contributed by atoms with Crippen molar-refractivity contribution in [2.75, 3.05) is 0 Å². The number of nitro benzene ring substituents is 1. The molecule has 2 aromatic rings. The number of non-ortho nitro benzene ring substituents is 1. The second kappa shape index (κ2) is 7.56. The van der Waals surface area contributed by atoms with E-state index in [9.17, 15) is 24.8 Å². The van der Waals surface area contributed by atoms with Crippen LogP contribution in [0.1, 0.15) is 15.9 Å². The van der Waals surface area contributed by atoms with E-state index in [0.717, 1.165) is 6.07 Å². The maximum Gasteiger partial charge on any atom is 0.326 e. The number of hydrogen-bond donors (Lipinski definition) is 2. The van der Waals surface area contributed by atoms with Crippen LogP contribution in [0.25, 0.3) is 0 Å². The summed E-state index contributed by atoms with van der Waals surface area (Å²) in [5, 5.41) is 22.9. The minimum Gasteiger partial charge on any atom is -0.480 e. The van der Waals surface area contributed by atoms with Gasteiger partial charge in [0.15, 0.2) is 0 Å². The Balaban J connectivity index is 2.13. The van der Waals surface area contributed by atoms with Crippen LogP contribution < -0.4 is 5.32 Å². The Hall–Kier alpha value is -2.93. The van der Waals surface area contributed by atoms with E-state index in [0.29, 0.717) is 10.6 Å². The van der Waals surface area contributed by atoms with Crippen LogP contribution in [0.15, 0.2) is 48.5 Å². The lowest BCUT2D eigenvalue weighted by atomic mass is 10.1. The summed E-state index contributed by atoms with van der Waals surface area (Å²) in [6.07, 6.45) is 0.0627. The van der Waals surface area contributed by atoms with Crippen molar-refractivity contribution >= 4 is 29.2 Å². The zero-order chi connectivity index (χ0) is 17.7. The van der Waals surface area contributed by atoms with E-state index < -0.39 is 22.8 Å². The van der Waals surface area contributed by atoms with Crippen LogP contribution in [-0.2, 0) is 11.2 Å². The molecule has 0 saturated heterocycles. The largest absolute Gasteiger partial charge is 0.480 e. The summed E-state index contributed by atoms with van der Waals surface area (Å²) in [4.78, 5) is 33.6. The van der Waals surface area contributed by atoms with Crippen LogP contribution in [0, 0.1) is 10.1 Å². The summed E-state index contributed by atoms with van der Waals surface area (Å²) < 4.78 is 0. The van der Waals surface area contributed by atoms with Crippen molar-refractivity contribution in [3.8, 4) is 0 Å². The third kappa shape index (κ3) is 4.53. The molecule has 0 radical (unpaired) electrons. The maximum absolute atomic E-state index is 12.2. The van der Waals surface area contributed by atoms with Crippen molar-refractivity contribution in [3.05, 3.63) is 74.8 Å². The van der Waals surface area contributed by atoms with Crippen molar-refractivity contribution < 1.29 is 19.6 Å². The van der Waals surface area contributed by atoms with E-state index in [1.54, 1.807) is 24.3 Å². The second-order valence-electron chi connectivity index (χ2n) is 5.00. The normalized spacial score (nSPS) is 11.5. The van der Waals surface area contributed by atoms with Gasteiger partial charge in [0, 0.05) is 29.1 Å². The van der Waals surface area contributed by atoms with Gasteiger partial charge in [0.2, 0.25) is 0 Å². The number of aliphatic carboxylic acids is 1. The number of nitrogens with one attached hydrogen (secondary N) is 1. The second-order valence-corrected chi connectivity index (χ2v) is 5.44. The first kappa shape index (κ1) is 17.4. The standard InChI is InChI=1S/C16H13ClN2O5/c17-12-6-4-10(5-7-12)8-14(16(21)22)18-15(20)11-2-1-3-13(9-11)19(23)24/h1-7,9,14H,8H2,(H,18,20)(H,21,22)/t14-/m1/s1. The third-order valence-electron chi connectivity index (χ3n) is 3.28. The van der Waals surface area contributed by atoms with Gasteiger partial charge < -0.3 is 10.4 Å². The fraction of sp³-hybridized carbons (Fsp3) is 0.125. The number of carbonyl (C=O) groups excluding carboxylic acids is 1. The molecule has 2 rings (SSSR count). The predicted molar refractivity (Wildman–Crippen MR) is 87.1 cm³/mol. The Morgan fingerprint density at radius 2 is 1.88 bits per heavy atom. The molecule has 0 spiro atoms. The Kier molecular flexibility index (Phi) is 5.49. The highest BCUT2D eigenvalue weighted by molar-refractivity contribution is 6.30. The highest BCUT2D eigenvalue weighted by Gasteiger charge is 2.22. The number of benzene rings is 2. The minimum absolute atomic E-state index is 0.0200. The first-order valence-corrected chi connectivity index (χ1v) is 7.27. The van der Waals surface area contributed by atoms with Gasteiger partial charge >= 0.3 is 5.97 Å². The molecule has 0 fully saturated rings. The molecule has 0 unspecified atom stereocenters. The van der Waals surface area contributed by atoms with E-state index in [4.69, 9.17) is 11.6 Å². The van der Waals surface area contributed by atoms with Gasteiger partial charge in [-0.05, 0) is 23.8 Å². The van der Waals surface area contributed by atoms with E-state index in [2.05, 4.69) is 5.32 Å². The topological polar surface area (TPSA) is 110 Å². The van der Waals surface area contributed by atoms with Crippen molar-refractivity contribution in [1.29, 1.82) is 0 Å². The maximum atomic E-state index is 12.2. The van der Waals surface area contributed by atoms with Gasteiger partial charge in [-0.2, -0.15) is 0 Å². The van der Waals surface area contributed by atoms with Crippen LogP contribution in [0.3, 0.4) is 0 Å². The number of halogens is 1. The molecule has 7 nitrogen and oxygen atoms in total. The van der Waals surface area contributed by atoms with Crippen LogP contribution in [-0.4, -0.2) is 27.9 Å². The Morgan fingerprint density at radius 3 is 2.46 bits per heavy atom. The highest BCUT2D eigenvalue weighted by Crippen LogP contribution is 2.14. The first-order valence-electron chi connectivity index (χ1n) is 6.89. The molecule has 0 bridgehead atoms. The molecule has 0 aliphatic carbocycles. The lowest BCUT2D eigenvalue weighted by Gasteiger charge is -2.14. The van der Waals surface area contributed by atoms with Crippen molar-refractivity contribution in [3.63, 3.8) is 0 Å². The van der Waals surface area contributed by atoms with Crippen LogP contribution in [0.5, 0.6) is 0 Å². The third-order valence-corrected chi connectivity index (χ3v) is 3.53. The first-order chi connectivity index (χ1) is 11.4. The molecule has 2 N–H and O–H groups in total. The summed E-state index contributed by atoms with van der Waals surface area (Å²) in [6, 6.07) is 10.5. The number of rotatable bonds is 6. The molecule has 24 heavy (non-hydrogen) atoms. The van der Waals surface area contributed by atoms with E-state index in [1.807, 2.05) is 0 Å². The Labute approximate surface area is 142 Å². The van der Waals surface area contributed by atoms with Crippen LogP contribution in [0.4, 0.5) is 5.69 Å². The van der Waals surface area contributed by atoms with E-state index >= 15 is 0 Å². The highest BCUT2D eigenvalue weighted by atomic mass is 35.5. The number of nitrogens with zero attached hydrogens (tertiary/aromatic N) is 1. The quantitative estimate of drug-likeness (QED) is 0.616. The lowest BCUT2D eigenvalue weighted by Crippen LogP contribution is -2.42. The molecule has 8 heteroatoms. The summed E-state index contributed by atoms with van der Waals surface area (Å²) in [5.74, 6) is -1.90. The molecule has 1 amide bonds. The number of amides is 1.